The summed E-state index contributed by atoms with van der Waals surface area (Å²) in [6.45, 7) is 2.09. The molecule has 1 saturated carbocycles. The molecule has 1 aliphatic carbocycles. The first-order chi connectivity index (χ1) is 12.2. The molecule has 4 rings (SSSR count). The lowest BCUT2D eigenvalue weighted by Gasteiger charge is -2.38. The summed E-state index contributed by atoms with van der Waals surface area (Å²) < 4.78 is 5.42. The number of hydrogen-bond acceptors (Lipinski definition) is 4. The Balaban J connectivity index is 1.96. The molecule has 1 aliphatic heterocycles. The van der Waals surface area contributed by atoms with Gasteiger partial charge in [-0.05, 0) is 43.0 Å². The summed E-state index contributed by atoms with van der Waals surface area (Å²) in [5.41, 5.74) is 1.03. The maximum Gasteiger partial charge on any atom is 0.320 e. The van der Waals surface area contributed by atoms with Crippen LogP contribution in [0.5, 0.6) is 0 Å². The maximum atomic E-state index is 13.0. The largest absolute Gasteiger partial charge is 0.465 e. The first-order valence-corrected chi connectivity index (χ1v) is 9.56. The number of hydrogen-bond donors (Lipinski definition) is 0. The molecule has 4 heteroatoms. The van der Waals surface area contributed by atoms with E-state index in [9.17, 15) is 9.59 Å². The number of esters is 1. The van der Waals surface area contributed by atoms with Crippen molar-refractivity contribution < 1.29 is 14.3 Å². The molecule has 2 aliphatic rings. The molecule has 0 bridgehead atoms. The second-order valence-electron chi connectivity index (χ2n) is 6.58. The molecule has 0 aromatic heterocycles. The van der Waals surface area contributed by atoms with Crippen molar-refractivity contribution in [2.45, 2.75) is 41.9 Å². The highest BCUT2D eigenvalue weighted by molar-refractivity contribution is 7.99. The monoisotopic (exact) mass is 352 g/mol. The van der Waals surface area contributed by atoms with E-state index in [0.29, 0.717) is 19.4 Å². The number of carbonyl (C=O) groups is 2. The van der Waals surface area contributed by atoms with Gasteiger partial charge in [0.2, 0.25) is 0 Å². The normalized spacial score (nSPS) is 22.4. The Morgan fingerprint density at radius 3 is 2.24 bits per heavy atom. The van der Waals surface area contributed by atoms with Gasteiger partial charge in [0.1, 0.15) is 5.41 Å². The Bertz CT molecular complexity index is 799. The SMILES string of the molecule is CCOC(=O)[C@@]1(C2c3ccccc3Sc3ccccc32)CCCC1=O. The smallest absolute Gasteiger partial charge is 0.320 e. The molecule has 0 spiro atoms. The van der Waals surface area contributed by atoms with Crippen LogP contribution in [0.15, 0.2) is 58.3 Å². The van der Waals surface area contributed by atoms with E-state index in [1.807, 2.05) is 24.3 Å². The molecule has 0 unspecified atom stereocenters. The second kappa shape index (κ2) is 6.34. The number of ether oxygens (including phenoxy) is 1. The third-order valence-corrected chi connectivity index (χ3v) is 6.47. The predicted octanol–water partition coefficient (Wildman–Crippen LogP) is 4.59. The molecular formula is C21H20O3S. The van der Waals surface area contributed by atoms with Gasteiger partial charge in [0.05, 0.1) is 6.61 Å². The van der Waals surface area contributed by atoms with Crippen LogP contribution in [0.4, 0.5) is 0 Å². The summed E-state index contributed by atoms with van der Waals surface area (Å²) in [5.74, 6) is -0.610. The van der Waals surface area contributed by atoms with E-state index in [1.54, 1.807) is 18.7 Å². The summed E-state index contributed by atoms with van der Waals surface area (Å²) in [7, 11) is 0. The van der Waals surface area contributed by atoms with Crippen LogP contribution in [0.1, 0.15) is 43.2 Å². The van der Waals surface area contributed by atoms with Crippen molar-refractivity contribution in [1.29, 1.82) is 0 Å². The van der Waals surface area contributed by atoms with E-state index in [4.69, 9.17) is 4.74 Å². The predicted molar refractivity (Wildman–Crippen MR) is 96.8 cm³/mol. The minimum absolute atomic E-state index is 0.0208. The standard InChI is InChI=1S/C21H20O3S/c1-2-24-20(23)21(13-7-12-18(21)22)19-14-8-3-5-10-16(14)25-17-11-6-4-9-15(17)19/h3-6,8-11,19H,2,7,12-13H2,1H3/t21-/m0/s1. The molecule has 0 radical (unpaired) electrons. The zero-order valence-electron chi connectivity index (χ0n) is 14.2. The van der Waals surface area contributed by atoms with Crippen molar-refractivity contribution in [2.24, 2.45) is 5.41 Å². The van der Waals surface area contributed by atoms with E-state index < -0.39 is 5.41 Å². The molecule has 0 amide bonds. The highest BCUT2D eigenvalue weighted by Crippen LogP contribution is 2.57. The first-order valence-electron chi connectivity index (χ1n) is 8.74. The average Bonchev–Trinajstić information content (AvgIpc) is 3.02. The van der Waals surface area contributed by atoms with Crippen molar-refractivity contribution in [3.63, 3.8) is 0 Å². The highest BCUT2D eigenvalue weighted by Gasteiger charge is 2.57. The van der Waals surface area contributed by atoms with Gasteiger partial charge in [0.25, 0.3) is 0 Å². The summed E-state index contributed by atoms with van der Waals surface area (Å²) in [6.07, 6.45) is 1.75. The number of rotatable bonds is 3. The minimum Gasteiger partial charge on any atom is -0.465 e. The molecule has 1 fully saturated rings. The maximum absolute atomic E-state index is 13.0. The molecule has 1 atom stereocenters. The third kappa shape index (κ3) is 2.43. The van der Waals surface area contributed by atoms with Gasteiger partial charge in [-0.1, -0.05) is 48.2 Å². The highest BCUT2D eigenvalue weighted by atomic mass is 32.2. The zero-order valence-corrected chi connectivity index (χ0v) is 15.0. The Labute approximate surface area is 151 Å². The van der Waals surface area contributed by atoms with E-state index in [-0.39, 0.29) is 17.7 Å². The van der Waals surface area contributed by atoms with Crippen LogP contribution in [-0.2, 0) is 14.3 Å². The topological polar surface area (TPSA) is 43.4 Å². The van der Waals surface area contributed by atoms with Gasteiger partial charge in [-0.15, -0.1) is 0 Å². The van der Waals surface area contributed by atoms with Crippen molar-refractivity contribution in [3.8, 4) is 0 Å². The van der Waals surface area contributed by atoms with Gasteiger partial charge >= 0.3 is 5.97 Å². The quantitative estimate of drug-likeness (QED) is 0.599. The molecule has 2 aromatic rings. The minimum atomic E-state index is -1.09. The van der Waals surface area contributed by atoms with Crippen LogP contribution in [-0.4, -0.2) is 18.4 Å². The fourth-order valence-electron chi connectivity index (χ4n) is 4.23. The number of ketones is 1. The molecule has 25 heavy (non-hydrogen) atoms. The molecule has 1 heterocycles. The van der Waals surface area contributed by atoms with Crippen LogP contribution in [0.3, 0.4) is 0 Å². The van der Waals surface area contributed by atoms with Crippen LogP contribution in [0.2, 0.25) is 0 Å². The molecular weight excluding hydrogens is 332 g/mol. The Morgan fingerprint density at radius 1 is 1.12 bits per heavy atom. The van der Waals surface area contributed by atoms with Crippen molar-refractivity contribution in [2.75, 3.05) is 6.61 Å². The lowest BCUT2D eigenvalue weighted by Crippen LogP contribution is -2.43. The van der Waals surface area contributed by atoms with E-state index in [0.717, 1.165) is 27.3 Å². The number of fused-ring (bicyclic) bond motifs is 2. The van der Waals surface area contributed by atoms with Gasteiger partial charge in [-0.2, -0.15) is 0 Å². The fraction of sp³-hybridized carbons (Fsp3) is 0.333. The zero-order chi connectivity index (χ0) is 17.4. The van der Waals surface area contributed by atoms with Crippen LogP contribution >= 0.6 is 11.8 Å². The summed E-state index contributed by atoms with van der Waals surface area (Å²) in [5, 5.41) is 0. The number of carbonyl (C=O) groups excluding carboxylic acids is 2. The number of benzene rings is 2. The van der Waals surface area contributed by atoms with Gasteiger partial charge in [-0.3, -0.25) is 9.59 Å². The Morgan fingerprint density at radius 2 is 1.72 bits per heavy atom. The van der Waals surface area contributed by atoms with E-state index >= 15 is 0 Å². The van der Waals surface area contributed by atoms with Crippen molar-refractivity contribution >= 4 is 23.5 Å². The third-order valence-electron chi connectivity index (χ3n) is 5.28. The van der Waals surface area contributed by atoms with Gasteiger partial charge in [-0.25, -0.2) is 0 Å². The lowest BCUT2D eigenvalue weighted by molar-refractivity contribution is -0.159. The summed E-state index contributed by atoms with van der Waals surface area (Å²) in [4.78, 5) is 28.3. The molecule has 0 N–H and O–H groups in total. The average molecular weight is 352 g/mol. The van der Waals surface area contributed by atoms with Crippen LogP contribution in [0.25, 0.3) is 0 Å². The molecule has 2 aromatic carbocycles. The Hall–Kier alpha value is -2.07. The molecule has 0 saturated heterocycles. The molecule has 3 nitrogen and oxygen atoms in total. The van der Waals surface area contributed by atoms with E-state index in [1.165, 1.54) is 0 Å². The van der Waals surface area contributed by atoms with Gasteiger partial charge < -0.3 is 4.74 Å². The van der Waals surface area contributed by atoms with E-state index in [2.05, 4.69) is 24.3 Å². The van der Waals surface area contributed by atoms with Crippen molar-refractivity contribution in [3.05, 3.63) is 59.7 Å². The first kappa shape index (κ1) is 16.4. The Kier molecular flexibility index (Phi) is 4.16. The van der Waals surface area contributed by atoms with Crippen LogP contribution < -0.4 is 0 Å². The number of Topliss-reactive ketones (excluding diaryl/α,β-unsaturated/α-hetero) is 1. The summed E-state index contributed by atoms with van der Waals surface area (Å²) >= 11 is 1.71. The summed E-state index contributed by atoms with van der Waals surface area (Å²) in [6, 6.07) is 16.2. The van der Waals surface area contributed by atoms with Crippen molar-refractivity contribution in [1.82, 2.24) is 0 Å². The van der Waals surface area contributed by atoms with Gasteiger partial charge in [0.15, 0.2) is 5.78 Å². The fourth-order valence-corrected chi connectivity index (χ4v) is 5.37. The second-order valence-corrected chi connectivity index (χ2v) is 7.66. The van der Waals surface area contributed by atoms with Crippen LogP contribution in [0, 0.1) is 5.41 Å². The lowest BCUT2D eigenvalue weighted by atomic mass is 9.66. The van der Waals surface area contributed by atoms with Gasteiger partial charge in [0, 0.05) is 22.1 Å². The molecule has 128 valence electrons.